The van der Waals surface area contributed by atoms with Gasteiger partial charge < -0.3 is 4.74 Å². The average molecular weight is 327 g/mol. The number of nitrogens with zero attached hydrogens (tertiary/aromatic N) is 1. The molecule has 0 bridgehead atoms. The molecule has 0 aliphatic rings. The lowest BCUT2D eigenvalue weighted by atomic mass is 10.2. The van der Waals surface area contributed by atoms with Gasteiger partial charge in [0.1, 0.15) is 17.4 Å². The Bertz CT molecular complexity index is 758. The van der Waals surface area contributed by atoms with Crippen LogP contribution in [0.25, 0.3) is 0 Å². The van der Waals surface area contributed by atoms with Gasteiger partial charge in [-0.2, -0.15) is 4.31 Å². The van der Waals surface area contributed by atoms with E-state index >= 15 is 0 Å². The summed E-state index contributed by atoms with van der Waals surface area (Å²) in [5.74, 6) is -1.66. The molecule has 0 N–H and O–H groups in total. The number of ether oxygens (including phenoxy) is 1. The Balaban J connectivity index is 2.33. The fourth-order valence-electron chi connectivity index (χ4n) is 2.00. The van der Waals surface area contributed by atoms with Crippen molar-refractivity contribution in [1.82, 2.24) is 4.31 Å². The van der Waals surface area contributed by atoms with Crippen molar-refractivity contribution in [1.29, 1.82) is 0 Å². The van der Waals surface area contributed by atoms with Gasteiger partial charge in [-0.15, -0.1) is 0 Å². The van der Waals surface area contributed by atoms with Gasteiger partial charge in [0.05, 0.1) is 7.11 Å². The lowest BCUT2D eigenvalue weighted by molar-refractivity contribution is 0.412. The van der Waals surface area contributed by atoms with Crippen LogP contribution in [0.2, 0.25) is 0 Å². The van der Waals surface area contributed by atoms with E-state index in [1.54, 1.807) is 24.3 Å². The van der Waals surface area contributed by atoms with Crippen molar-refractivity contribution >= 4 is 10.0 Å². The Kier molecular flexibility index (Phi) is 4.77. The van der Waals surface area contributed by atoms with E-state index in [1.165, 1.54) is 14.2 Å². The zero-order valence-electron chi connectivity index (χ0n) is 12.1. The molecule has 118 valence electrons. The Morgan fingerprint density at radius 3 is 2.27 bits per heavy atom. The van der Waals surface area contributed by atoms with Gasteiger partial charge in [-0.05, 0) is 29.8 Å². The van der Waals surface area contributed by atoms with Crippen molar-refractivity contribution in [2.45, 2.75) is 11.4 Å². The highest BCUT2D eigenvalue weighted by Gasteiger charge is 2.28. The van der Waals surface area contributed by atoms with Crippen LogP contribution in [0.3, 0.4) is 0 Å². The predicted molar refractivity (Wildman–Crippen MR) is 78.0 cm³/mol. The third-order valence-corrected chi connectivity index (χ3v) is 4.98. The molecule has 0 unspecified atom stereocenters. The van der Waals surface area contributed by atoms with Crippen LogP contribution in [0.5, 0.6) is 5.75 Å². The highest BCUT2D eigenvalue weighted by molar-refractivity contribution is 7.89. The Morgan fingerprint density at radius 2 is 1.68 bits per heavy atom. The number of hydrogen-bond acceptors (Lipinski definition) is 3. The highest BCUT2D eigenvalue weighted by atomic mass is 32.2. The maximum atomic E-state index is 13.7. The first-order valence-corrected chi connectivity index (χ1v) is 7.83. The van der Waals surface area contributed by atoms with Gasteiger partial charge >= 0.3 is 0 Å². The first kappa shape index (κ1) is 16.4. The molecule has 0 aliphatic carbocycles. The largest absolute Gasteiger partial charge is 0.497 e. The van der Waals surface area contributed by atoms with E-state index in [-0.39, 0.29) is 6.54 Å². The number of benzene rings is 2. The molecule has 0 fully saturated rings. The molecule has 0 saturated carbocycles. The number of rotatable bonds is 5. The maximum Gasteiger partial charge on any atom is 0.248 e. The number of sulfonamides is 1. The summed E-state index contributed by atoms with van der Waals surface area (Å²) in [6.07, 6.45) is 0. The molecule has 0 radical (unpaired) electrons. The zero-order chi connectivity index (χ0) is 16.3. The lowest BCUT2D eigenvalue weighted by Crippen LogP contribution is -2.28. The van der Waals surface area contributed by atoms with Crippen LogP contribution in [-0.2, 0) is 16.6 Å². The normalized spacial score (nSPS) is 11.7. The highest BCUT2D eigenvalue weighted by Crippen LogP contribution is 2.23. The quantitative estimate of drug-likeness (QED) is 0.848. The molecule has 0 amide bonds. The smallest absolute Gasteiger partial charge is 0.248 e. The van der Waals surface area contributed by atoms with Crippen LogP contribution in [0.15, 0.2) is 47.4 Å². The van der Waals surface area contributed by atoms with E-state index < -0.39 is 26.6 Å². The zero-order valence-corrected chi connectivity index (χ0v) is 12.9. The van der Waals surface area contributed by atoms with Gasteiger partial charge in [0.25, 0.3) is 0 Å². The minimum atomic E-state index is -4.28. The van der Waals surface area contributed by atoms with Crippen LogP contribution < -0.4 is 4.74 Å². The van der Waals surface area contributed by atoms with Gasteiger partial charge in [-0.1, -0.05) is 18.2 Å². The van der Waals surface area contributed by atoms with Gasteiger partial charge in [0.15, 0.2) is 4.90 Å². The minimum Gasteiger partial charge on any atom is -0.497 e. The van der Waals surface area contributed by atoms with Crippen molar-refractivity contribution in [3.05, 3.63) is 59.7 Å². The van der Waals surface area contributed by atoms with E-state index in [0.717, 1.165) is 22.5 Å². The van der Waals surface area contributed by atoms with Gasteiger partial charge in [0.2, 0.25) is 10.0 Å². The number of hydrogen-bond donors (Lipinski definition) is 0. The SMILES string of the molecule is COc1cccc(CN(C)S(=O)(=O)c2c(F)cccc2F)c1. The second-order valence-corrected chi connectivity index (χ2v) is 6.65. The summed E-state index contributed by atoms with van der Waals surface area (Å²) in [6, 6.07) is 9.72. The molecule has 4 nitrogen and oxygen atoms in total. The lowest BCUT2D eigenvalue weighted by Gasteiger charge is -2.18. The summed E-state index contributed by atoms with van der Waals surface area (Å²) in [5, 5.41) is 0. The standard InChI is InChI=1S/C15H15F2NO3S/c1-18(10-11-5-3-6-12(9-11)21-2)22(19,20)15-13(16)7-4-8-14(15)17/h3-9H,10H2,1-2H3. The third kappa shape index (κ3) is 3.26. The summed E-state index contributed by atoms with van der Waals surface area (Å²) < 4.78 is 58.0. The number of methoxy groups -OCH3 is 1. The monoisotopic (exact) mass is 327 g/mol. The minimum absolute atomic E-state index is 0.0344. The Morgan fingerprint density at radius 1 is 1.09 bits per heavy atom. The van der Waals surface area contributed by atoms with Gasteiger partial charge in [-0.25, -0.2) is 17.2 Å². The fraction of sp³-hybridized carbons (Fsp3) is 0.200. The van der Waals surface area contributed by atoms with Crippen LogP contribution in [0.1, 0.15) is 5.56 Å². The number of halogens is 2. The van der Waals surface area contributed by atoms with E-state index in [1.807, 2.05) is 0 Å². The molecule has 0 heterocycles. The molecule has 0 saturated heterocycles. The summed E-state index contributed by atoms with van der Waals surface area (Å²) in [7, 11) is -1.52. The van der Waals surface area contributed by atoms with Crippen LogP contribution >= 0.6 is 0 Å². The van der Waals surface area contributed by atoms with Crippen LogP contribution in [-0.4, -0.2) is 26.9 Å². The fourth-order valence-corrected chi connectivity index (χ4v) is 3.26. The molecular formula is C15H15F2NO3S. The average Bonchev–Trinajstić information content (AvgIpc) is 2.47. The van der Waals surface area contributed by atoms with Crippen LogP contribution in [0, 0.1) is 11.6 Å². The molecule has 22 heavy (non-hydrogen) atoms. The van der Waals surface area contributed by atoms with Gasteiger partial charge in [0, 0.05) is 13.6 Å². The Labute approximate surface area is 128 Å². The van der Waals surface area contributed by atoms with Crippen molar-refractivity contribution in [2.24, 2.45) is 0 Å². The summed E-state index contributed by atoms with van der Waals surface area (Å²) in [6.45, 7) is -0.0344. The molecule has 0 spiro atoms. The van der Waals surface area contributed by atoms with E-state index in [4.69, 9.17) is 4.74 Å². The van der Waals surface area contributed by atoms with E-state index in [2.05, 4.69) is 0 Å². The van der Waals surface area contributed by atoms with Crippen molar-refractivity contribution in [3.63, 3.8) is 0 Å². The van der Waals surface area contributed by atoms with Crippen molar-refractivity contribution in [3.8, 4) is 5.75 Å². The third-order valence-electron chi connectivity index (χ3n) is 3.13. The summed E-state index contributed by atoms with van der Waals surface area (Å²) in [5.41, 5.74) is 0.641. The first-order valence-electron chi connectivity index (χ1n) is 6.39. The summed E-state index contributed by atoms with van der Waals surface area (Å²) in [4.78, 5) is -0.944. The first-order chi connectivity index (χ1) is 10.4. The molecule has 2 aromatic rings. The molecule has 2 aromatic carbocycles. The Hall–Kier alpha value is -1.99. The molecule has 0 atom stereocenters. The van der Waals surface area contributed by atoms with E-state index in [0.29, 0.717) is 11.3 Å². The van der Waals surface area contributed by atoms with E-state index in [9.17, 15) is 17.2 Å². The molecule has 7 heteroatoms. The van der Waals surface area contributed by atoms with Gasteiger partial charge in [-0.3, -0.25) is 0 Å². The second kappa shape index (κ2) is 6.41. The van der Waals surface area contributed by atoms with Crippen molar-refractivity contribution < 1.29 is 21.9 Å². The molecule has 2 rings (SSSR count). The molecule has 0 aromatic heterocycles. The topological polar surface area (TPSA) is 46.6 Å². The van der Waals surface area contributed by atoms with Crippen LogP contribution in [0.4, 0.5) is 8.78 Å². The van der Waals surface area contributed by atoms with Crippen molar-refractivity contribution in [2.75, 3.05) is 14.2 Å². The summed E-state index contributed by atoms with van der Waals surface area (Å²) >= 11 is 0. The second-order valence-electron chi connectivity index (χ2n) is 4.66. The predicted octanol–water partition coefficient (Wildman–Crippen LogP) is 2.79. The molecule has 0 aliphatic heterocycles. The molecular weight excluding hydrogens is 312 g/mol. The maximum absolute atomic E-state index is 13.7.